The van der Waals surface area contributed by atoms with Crippen LogP contribution >= 0.6 is 11.3 Å². The summed E-state index contributed by atoms with van der Waals surface area (Å²) in [4.78, 5) is 16.9. The van der Waals surface area contributed by atoms with Crippen LogP contribution in [0.5, 0.6) is 22.3 Å². The molecule has 1 heterocycles. The smallest absolute Gasteiger partial charge is 0.257 e. The maximum Gasteiger partial charge on any atom is 0.257 e. The van der Waals surface area contributed by atoms with Crippen molar-refractivity contribution in [1.82, 2.24) is 4.98 Å². The van der Waals surface area contributed by atoms with Crippen LogP contribution in [0.4, 0.5) is 9.52 Å². The molecule has 0 bridgehead atoms. The van der Waals surface area contributed by atoms with Gasteiger partial charge in [0.25, 0.3) is 5.91 Å². The highest BCUT2D eigenvalue weighted by Crippen LogP contribution is 2.33. The lowest BCUT2D eigenvalue weighted by Gasteiger charge is -2.15. The maximum atomic E-state index is 13.9. The predicted octanol–water partition coefficient (Wildman–Crippen LogP) is 6.21. The second-order valence-corrected chi connectivity index (χ2v) is 8.49. The largest absolute Gasteiger partial charge is 0.491 e. The summed E-state index contributed by atoms with van der Waals surface area (Å²) < 4.78 is 31.0. The van der Waals surface area contributed by atoms with Crippen LogP contribution in [0.1, 0.15) is 43.6 Å². The topological polar surface area (TPSA) is 69.7 Å². The van der Waals surface area contributed by atoms with E-state index in [1.54, 1.807) is 30.3 Å². The Hall–Kier alpha value is -3.13. The number of hydrogen-bond acceptors (Lipinski definition) is 6. The average Bonchev–Trinajstić information content (AvgIpc) is 3.10. The quantitative estimate of drug-likeness (QED) is 0.447. The lowest BCUT2D eigenvalue weighted by Crippen LogP contribution is -2.14. The number of hydrogen-bond donors (Lipinski definition) is 1. The fourth-order valence-corrected chi connectivity index (χ4v) is 3.39. The van der Waals surface area contributed by atoms with Crippen molar-refractivity contribution < 1.29 is 23.4 Å². The van der Waals surface area contributed by atoms with Crippen molar-refractivity contribution in [2.75, 3.05) is 5.32 Å². The minimum absolute atomic E-state index is 0.0501. The van der Waals surface area contributed by atoms with Gasteiger partial charge in [0.1, 0.15) is 11.5 Å². The summed E-state index contributed by atoms with van der Waals surface area (Å²) in [5, 5.41) is 3.42. The Morgan fingerprint density at radius 1 is 1.03 bits per heavy atom. The van der Waals surface area contributed by atoms with Crippen molar-refractivity contribution in [2.45, 2.75) is 46.8 Å². The number of aryl methyl sites for hydroxylation is 1. The summed E-state index contributed by atoms with van der Waals surface area (Å²) in [5.74, 6) is 0.345. The highest BCUT2D eigenvalue weighted by Gasteiger charge is 2.15. The molecule has 0 aliphatic carbocycles. The van der Waals surface area contributed by atoms with Gasteiger partial charge in [-0.05, 0) is 64.4 Å². The molecule has 2 aromatic carbocycles. The molecule has 0 saturated carbocycles. The minimum Gasteiger partial charge on any atom is -0.491 e. The van der Waals surface area contributed by atoms with Gasteiger partial charge < -0.3 is 14.2 Å². The third-order valence-corrected chi connectivity index (χ3v) is 4.68. The zero-order valence-electron chi connectivity index (χ0n) is 18.1. The molecule has 6 nitrogen and oxygen atoms in total. The van der Waals surface area contributed by atoms with Crippen LogP contribution in [0.3, 0.4) is 0 Å². The summed E-state index contributed by atoms with van der Waals surface area (Å²) in [6.07, 6.45) is 1.34. The second-order valence-electron chi connectivity index (χ2n) is 7.50. The number of aromatic nitrogens is 1. The molecule has 3 rings (SSSR count). The molecule has 0 saturated heterocycles. The molecule has 31 heavy (non-hydrogen) atoms. The van der Waals surface area contributed by atoms with E-state index in [1.165, 1.54) is 12.3 Å². The number of carbonyl (C=O) groups is 1. The fourth-order valence-electron chi connectivity index (χ4n) is 2.71. The number of thiazole rings is 1. The first-order valence-corrected chi connectivity index (χ1v) is 10.7. The van der Waals surface area contributed by atoms with Gasteiger partial charge in [0.2, 0.25) is 5.06 Å². The zero-order chi connectivity index (χ0) is 22.5. The van der Waals surface area contributed by atoms with Gasteiger partial charge in [0.15, 0.2) is 16.7 Å². The van der Waals surface area contributed by atoms with Crippen molar-refractivity contribution in [3.8, 4) is 22.3 Å². The SMILES string of the molecule is Cc1ccc(F)c(Oc2cnc(NC(=O)c3cc(OC(C)C)cc(OC(C)C)c3)s2)c1. The third-order valence-electron chi connectivity index (χ3n) is 3.89. The highest BCUT2D eigenvalue weighted by atomic mass is 32.1. The van der Waals surface area contributed by atoms with Gasteiger partial charge in [0.05, 0.1) is 18.4 Å². The van der Waals surface area contributed by atoms with Crippen molar-refractivity contribution >= 4 is 22.4 Å². The molecule has 1 aromatic heterocycles. The van der Waals surface area contributed by atoms with E-state index >= 15 is 0 Å². The molecule has 8 heteroatoms. The molecule has 0 spiro atoms. The first-order chi connectivity index (χ1) is 14.7. The lowest BCUT2D eigenvalue weighted by atomic mass is 10.2. The Balaban J connectivity index is 1.76. The summed E-state index contributed by atoms with van der Waals surface area (Å²) in [7, 11) is 0. The number of halogens is 1. The van der Waals surface area contributed by atoms with Gasteiger partial charge in [-0.25, -0.2) is 9.37 Å². The first-order valence-electron chi connectivity index (χ1n) is 9.89. The van der Waals surface area contributed by atoms with Crippen molar-refractivity contribution in [2.24, 2.45) is 0 Å². The number of rotatable bonds is 8. The number of nitrogens with one attached hydrogen (secondary N) is 1. The molecule has 0 atom stereocenters. The minimum atomic E-state index is -0.468. The van der Waals surface area contributed by atoms with Gasteiger partial charge in [-0.3, -0.25) is 10.1 Å². The number of nitrogens with zero attached hydrogens (tertiary/aromatic N) is 1. The molecule has 0 fully saturated rings. The van der Waals surface area contributed by atoms with Crippen molar-refractivity contribution in [3.63, 3.8) is 0 Å². The Morgan fingerprint density at radius 3 is 2.29 bits per heavy atom. The molecule has 0 unspecified atom stereocenters. The van der Waals surface area contributed by atoms with E-state index in [9.17, 15) is 9.18 Å². The van der Waals surface area contributed by atoms with Crippen molar-refractivity contribution in [1.29, 1.82) is 0 Å². The molecular weight excluding hydrogens is 419 g/mol. The van der Waals surface area contributed by atoms with Gasteiger partial charge >= 0.3 is 0 Å². The van der Waals surface area contributed by atoms with E-state index in [1.807, 2.05) is 34.6 Å². The second kappa shape index (κ2) is 9.78. The Labute approximate surface area is 185 Å². The van der Waals surface area contributed by atoms with Gasteiger partial charge in [-0.1, -0.05) is 17.4 Å². The molecule has 0 radical (unpaired) electrons. The average molecular weight is 445 g/mol. The Morgan fingerprint density at radius 2 is 1.68 bits per heavy atom. The summed E-state index contributed by atoms with van der Waals surface area (Å²) in [6, 6.07) is 9.66. The molecule has 1 amide bonds. The molecule has 0 aliphatic heterocycles. The lowest BCUT2D eigenvalue weighted by molar-refractivity contribution is 0.102. The number of amides is 1. The van der Waals surface area contributed by atoms with Crippen LogP contribution in [-0.2, 0) is 0 Å². The third kappa shape index (κ3) is 6.42. The molecule has 1 N–H and O–H groups in total. The summed E-state index contributed by atoms with van der Waals surface area (Å²) >= 11 is 1.10. The zero-order valence-corrected chi connectivity index (χ0v) is 18.9. The Bertz CT molecular complexity index is 1040. The monoisotopic (exact) mass is 444 g/mol. The maximum absolute atomic E-state index is 13.9. The number of anilines is 1. The van der Waals surface area contributed by atoms with Crippen LogP contribution in [0.15, 0.2) is 42.6 Å². The Kier molecular flexibility index (Phi) is 7.12. The highest BCUT2D eigenvalue weighted by molar-refractivity contribution is 7.17. The van der Waals surface area contributed by atoms with Gasteiger partial charge in [-0.15, -0.1) is 0 Å². The van der Waals surface area contributed by atoms with Crippen molar-refractivity contribution in [3.05, 3.63) is 59.5 Å². The summed E-state index contributed by atoms with van der Waals surface area (Å²) in [5.41, 5.74) is 1.24. The molecular formula is C23H25FN2O4S. The van der Waals surface area contributed by atoms with E-state index in [4.69, 9.17) is 14.2 Å². The van der Waals surface area contributed by atoms with Gasteiger partial charge in [0, 0.05) is 11.6 Å². The number of benzene rings is 2. The standard InChI is InChI=1S/C23H25FN2O4S/c1-13(2)28-17-9-16(10-18(11-17)29-14(3)4)22(27)26-23-25-12-21(31-23)30-20-8-15(5)6-7-19(20)24/h6-14H,1-5H3,(H,25,26,27). The van der Waals surface area contributed by atoms with E-state index in [0.29, 0.717) is 27.3 Å². The van der Waals surface area contributed by atoms with Crippen LogP contribution in [0.25, 0.3) is 0 Å². The fraction of sp³-hybridized carbons (Fsp3) is 0.304. The normalized spacial score (nSPS) is 11.0. The molecule has 164 valence electrons. The van der Waals surface area contributed by atoms with Crippen LogP contribution in [0, 0.1) is 12.7 Å². The van der Waals surface area contributed by atoms with E-state index in [-0.39, 0.29) is 23.9 Å². The first kappa shape index (κ1) is 22.6. The van der Waals surface area contributed by atoms with Crippen LogP contribution < -0.4 is 19.5 Å². The van der Waals surface area contributed by atoms with Crippen LogP contribution in [-0.4, -0.2) is 23.1 Å². The number of carbonyl (C=O) groups excluding carboxylic acids is 1. The van der Waals surface area contributed by atoms with Crippen LogP contribution in [0.2, 0.25) is 0 Å². The predicted molar refractivity (Wildman–Crippen MR) is 119 cm³/mol. The van der Waals surface area contributed by atoms with Gasteiger partial charge in [-0.2, -0.15) is 0 Å². The molecule has 0 aliphatic rings. The number of ether oxygens (including phenoxy) is 3. The van der Waals surface area contributed by atoms with E-state index in [0.717, 1.165) is 16.9 Å². The van der Waals surface area contributed by atoms with E-state index < -0.39 is 5.82 Å². The molecule has 3 aromatic rings. The van der Waals surface area contributed by atoms with E-state index in [2.05, 4.69) is 10.3 Å². The summed E-state index contributed by atoms with van der Waals surface area (Å²) in [6.45, 7) is 9.47.